The van der Waals surface area contributed by atoms with Crippen LogP contribution in [0.4, 0.5) is 4.79 Å². The highest BCUT2D eigenvalue weighted by Crippen LogP contribution is 2.20. The van der Waals surface area contributed by atoms with Gasteiger partial charge in [-0.15, -0.1) is 0 Å². The molecule has 0 bridgehead atoms. The first-order valence-electron chi connectivity index (χ1n) is 12.6. The number of amides is 2. The summed E-state index contributed by atoms with van der Waals surface area (Å²) in [6.07, 6.45) is -0.551. The monoisotopic (exact) mass is 519 g/mol. The van der Waals surface area contributed by atoms with Crippen molar-refractivity contribution in [1.82, 2.24) is 15.5 Å². The highest BCUT2D eigenvalue weighted by Gasteiger charge is 2.40. The number of hydrogen-bond donors (Lipinski definition) is 6. The summed E-state index contributed by atoms with van der Waals surface area (Å²) in [5.41, 5.74) is -0.718. The molecular formula is C24H45N3O9. The van der Waals surface area contributed by atoms with Gasteiger partial charge in [-0.25, -0.2) is 4.79 Å². The van der Waals surface area contributed by atoms with Gasteiger partial charge in [0.05, 0.1) is 25.9 Å². The quantitative estimate of drug-likeness (QED) is 0.131. The largest absolute Gasteiger partial charge is 0.469 e. The van der Waals surface area contributed by atoms with Gasteiger partial charge in [0, 0.05) is 19.5 Å². The number of alkyl carbamates (subject to hydrolysis) is 1. The van der Waals surface area contributed by atoms with Crippen molar-refractivity contribution in [1.29, 1.82) is 0 Å². The predicted molar refractivity (Wildman–Crippen MR) is 131 cm³/mol. The van der Waals surface area contributed by atoms with Gasteiger partial charge in [0.2, 0.25) is 5.91 Å². The molecule has 0 aromatic carbocycles. The zero-order valence-electron chi connectivity index (χ0n) is 21.9. The Balaban J connectivity index is 2.57. The molecular weight excluding hydrogens is 474 g/mol. The molecule has 1 saturated heterocycles. The highest BCUT2D eigenvalue weighted by molar-refractivity contribution is 5.85. The zero-order chi connectivity index (χ0) is 27.3. The lowest BCUT2D eigenvalue weighted by atomic mass is 9.94. The van der Waals surface area contributed by atoms with Crippen LogP contribution in [-0.4, -0.2) is 113 Å². The molecule has 6 N–H and O–H groups in total. The van der Waals surface area contributed by atoms with Gasteiger partial charge in [-0.1, -0.05) is 6.42 Å². The molecule has 36 heavy (non-hydrogen) atoms. The zero-order valence-corrected chi connectivity index (χ0v) is 21.9. The lowest BCUT2D eigenvalue weighted by molar-refractivity contribution is -0.145. The van der Waals surface area contributed by atoms with Crippen molar-refractivity contribution < 1.29 is 44.3 Å². The fourth-order valence-electron chi connectivity index (χ4n) is 4.03. The minimum atomic E-state index is -1.31. The molecule has 0 aromatic rings. The smallest absolute Gasteiger partial charge is 0.408 e. The molecule has 1 heterocycles. The minimum absolute atomic E-state index is 0.111. The third kappa shape index (κ3) is 11.8. The number of likely N-dealkylation sites (tertiary alicyclic amines) is 1. The maximum Gasteiger partial charge on any atom is 0.408 e. The van der Waals surface area contributed by atoms with Gasteiger partial charge < -0.3 is 40.5 Å². The number of β-amino-alcohol motifs (C(OH)–C–C–N with tert-alkyl or cyclic N) is 1. The van der Waals surface area contributed by atoms with Crippen molar-refractivity contribution in [2.45, 2.75) is 102 Å². The molecule has 0 saturated carbocycles. The fraction of sp³-hybridized carbons (Fsp3) is 0.875. The van der Waals surface area contributed by atoms with Crippen LogP contribution in [0.2, 0.25) is 0 Å². The number of aliphatic hydroxyl groups is 4. The number of nitrogens with zero attached hydrogens (tertiary/aromatic N) is 1. The molecule has 5 atom stereocenters. The molecule has 12 nitrogen and oxygen atoms in total. The summed E-state index contributed by atoms with van der Waals surface area (Å²) in [5, 5.41) is 44.9. The number of nitrogens with one attached hydrogen (secondary N) is 2. The second-order valence-corrected chi connectivity index (χ2v) is 10.2. The van der Waals surface area contributed by atoms with Crippen molar-refractivity contribution in [3.63, 3.8) is 0 Å². The third-order valence-corrected chi connectivity index (χ3v) is 6.00. The van der Waals surface area contributed by atoms with Gasteiger partial charge >= 0.3 is 12.1 Å². The van der Waals surface area contributed by atoms with Gasteiger partial charge in [-0.2, -0.15) is 0 Å². The Hall–Kier alpha value is -1.99. The lowest BCUT2D eigenvalue weighted by Gasteiger charge is -2.43. The molecule has 0 unspecified atom stereocenters. The van der Waals surface area contributed by atoms with Crippen molar-refractivity contribution in [3.8, 4) is 0 Å². The molecule has 0 aromatic heterocycles. The summed E-state index contributed by atoms with van der Waals surface area (Å²) < 4.78 is 9.88. The number of piperidine rings is 1. The normalized spacial score (nSPS) is 23.6. The Labute approximate surface area is 213 Å². The Morgan fingerprint density at radius 2 is 1.72 bits per heavy atom. The standard InChI is InChI=1S/C24H45N3O9/c1-24(2,3)36-23(34)26-16(22(33)25-12-8-5-6-11-19(30)35-4)10-7-9-13-27-14-18(29)21(32)20(31)17(27)15-28/h16-18,20-21,28-29,31-32H,5-15H2,1-4H3,(H,25,33)(H,26,34)/t16-,17+,18+,20+,21+/m0/s1. The Bertz CT molecular complexity index is 686. The van der Waals surface area contributed by atoms with E-state index in [9.17, 15) is 34.8 Å². The van der Waals surface area contributed by atoms with E-state index >= 15 is 0 Å². The summed E-state index contributed by atoms with van der Waals surface area (Å²) in [6, 6.07) is -1.51. The SMILES string of the molecule is COC(=O)CCCCCNC(=O)[C@H](CCCCN1C[C@@H](O)[C@@H](O)[C@H](O)[C@H]1CO)NC(=O)OC(C)(C)C. The number of carbonyl (C=O) groups is 3. The number of unbranched alkanes of at least 4 members (excludes halogenated alkanes) is 3. The number of carbonyl (C=O) groups excluding carboxylic acids is 3. The summed E-state index contributed by atoms with van der Waals surface area (Å²) in [7, 11) is 1.34. The number of aliphatic hydroxyl groups excluding tert-OH is 4. The molecule has 0 aliphatic carbocycles. The van der Waals surface area contributed by atoms with Crippen LogP contribution in [0.25, 0.3) is 0 Å². The molecule has 210 valence electrons. The van der Waals surface area contributed by atoms with E-state index < -0.39 is 42.1 Å². The van der Waals surface area contributed by atoms with Crippen LogP contribution in [0, 0.1) is 0 Å². The first-order valence-corrected chi connectivity index (χ1v) is 12.6. The van der Waals surface area contributed by atoms with E-state index in [1.165, 1.54) is 7.11 Å². The van der Waals surface area contributed by atoms with Gasteiger partial charge in [0.25, 0.3) is 0 Å². The van der Waals surface area contributed by atoms with Gasteiger partial charge in [0.1, 0.15) is 23.9 Å². The molecule has 2 amide bonds. The fourth-order valence-corrected chi connectivity index (χ4v) is 4.03. The number of ether oxygens (including phenoxy) is 2. The summed E-state index contributed by atoms with van der Waals surface area (Å²) in [4.78, 5) is 37.9. The highest BCUT2D eigenvalue weighted by atomic mass is 16.6. The van der Waals surface area contributed by atoms with E-state index in [0.29, 0.717) is 51.6 Å². The van der Waals surface area contributed by atoms with E-state index in [0.717, 1.165) is 6.42 Å². The molecule has 1 aliphatic rings. The van der Waals surface area contributed by atoms with E-state index in [1.54, 1.807) is 25.7 Å². The Morgan fingerprint density at radius 3 is 2.33 bits per heavy atom. The summed E-state index contributed by atoms with van der Waals surface area (Å²) in [6.45, 7) is 5.75. The second-order valence-electron chi connectivity index (χ2n) is 10.2. The van der Waals surface area contributed by atoms with Gasteiger partial charge in [-0.3, -0.25) is 14.5 Å². The van der Waals surface area contributed by atoms with Crippen LogP contribution in [0.15, 0.2) is 0 Å². The van der Waals surface area contributed by atoms with Crippen molar-refractivity contribution in [2.24, 2.45) is 0 Å². The average Bonchev–Trinajstić information content (AvgIpc) is 2.80. The van der Waals surface area contributed by atoms with Crippen LogP contribution in [-0.2, 0) is 19.1 Å². The lowest BCUT2D eigenvalue weighted by Crippen LogP contribution is -2.62. The Kier molecular flexibility index (Phi) is 14.2. The molecule has 1 aliphatic heterocycles. The average molecular weight is 520 g/mol. The van der Waals surface area contributed by atoms with Crippen LogP contribution in [0.5, 0.6) is 0 Å². The van der Waals surface area contributed by atoms with Gasteiger partial charge in [-0.05, 0) is 59.4 Å². The summed E-state index contributed by atoms with van der Waals surface area (Å²) >= 11 is 0. The van der Waals surface area contributed by atoms with Crippen LogP contribution in [0.1, 0.15) is 65.7 Å². The van der Waals surface area contributed by atoms with Crippen LogP contribution in [0.3, 0.4) is 0 Å². The van der Waals surface area contributed by atoms with E-state index in [4.69, 9.17) is 4.74 Å². The first-order chi connectivity index (χ1) is 16.9. The maximum atomic E-state index is 12.8. The van der Waals surface area contributed by atoms with E-state index in [1.807, 2.05) is 0 Å². The first kappa shape index (κ1) is 32.0. The topological polar surface area (TPSA) is 178 Å². The van der Waals surface area contributed by atoms with E-state index in [-0.39, 0.29) is 25.0 Å². The molecule has 0 spiro atoms. The number of hydrogen-bond acceptors (Lipinski definition) is 10. The molecule has 12 heteroatoms. The number of rotatable bonds is 14. The molecule has 1 fully saturated rings. The van der Waals surface area contributed by atoms with E-state index in [2.05, 4.69) is 15.4 Å². The third-order valence-electron chi connectivity index (χ3n) is 6.00. The molecule has 0 radical (unpaired) electrons. The predicted octanol–water partition coefficient (Wildman–Crippen LogP) is -0.341. The van der Waals surface area contributed by atoms with Crippen LogP contribution >= 0.6 is 0 Å². The molecule has 1 rings (SSSR count). The maximum absolute atomic E-state index is 12.8. The second kappa shape index (κ2) is 16.0. The number of methoxy groups -OCH3 is 1. The van der Waals surface area contributed by atoms with Crippen molar-refractivity contribution in [3.05, 3.63) is 0 Å². The van der Waals surface area contributed by atoms with Crippen molar-refractivity contribution in [2.75, 3.05) is 33.4 Å². The van der Waals surface area contributed by atoms with Gasteiger partial charge in [0.15, 0.2) is 0 Å². The van der Waals surface area contributed by atoms with Crippen LogP contribution < -0.4 is 10.6 Å². The van der Waals surface area contributed by atoms with Crippen molar-refractivity contribution >= 4 is 18.0 Å². The minimum Gasteiger partial charge on any atom is -0.469 e. The Morgan fingerprint density at radius 1 is 1.03 bits per heavy atom. The number of esters is 1. The summed E-state index contributed by atoms with van der Waals surface area (Å²) in [5.74, 6) is -0.607.